The second-order valence-corrected chi connectivity index (χ2v) is 7.48. The van der Waals surface area contributed by atoms with Crippen molar-refractivity contribution >= 4 is 46.3 Å². The summed E-state index contributed by atoms with van der Waals surface area (Å²) in [5.41, 5.74) is 7.23. The van der Waals surface area contributed by atoms with Gasteiger partial charge in [0.2, 0.25) is 0 Å². The fraction of sp³-hybridized carbons (Fsp3) is 0.0455. The van der Waals surface area contributed by atoms with Gasteiger partial charge in [0.05, 0.1) is 15.7 Å². The maximum Gasteiger partial charge on any atom is 0.319 e. The highest BCUT2D eigenvalue weighted by Gasteiger charge is 2.22. The molecule has 156 valence electrons. The number of nitrogens with one attached hydrogen (secondary N) is 3. The summed E-state index contributed by atoms with van der Waals surface area (Å²) >= 11 is 11.9. The summed E-state index contributed by atoms with van der Waals surface area (Å²) in [6, 6.07) is 12.1. The number of allylic oxidation sites excluding steroid dienone is 1. The van der Waals surface area contributed by atoms with Gasteiger partial charge in [0, 0.05) is 48.2 Å². The first-order valence-electron chi connectivity index (χ1n) is 9.32. The van der Waals surface area contributed by atoms with Crippen LogP contribution in [-0.2, 0) is 6.54 Å². The zero-order chi connectivity index (χ0) is 21.8. The van der Waals surface area contributed by atoms with Crippen LogP contribution in [-0.4, -0.2) is 16.0 Å². The van der Waals surface area contributed by atoms with E-state index in [2.05, 4.69) is 32.6 Å². The summed E-state index contributed by atoms with van der Waals surface area (Å²) in [6.07, 6.45) is 7.04. The molecule has 3 N–H and O–H groups in total. The van der Waals surface area contributed by atoms with Crippen LogP contribution < -0.4 is 21.1 Å². The van der Waals surface area contributed by atoms with Crippen LogP contribution in [0.4, 0.5) is 16.3 Å². The normalized spacial score (nSPS) is 12.9. The summed E-state index contributed by atoms with van der Waals surface area (Å²) in [5, 5.41) is 8.11. The maximum absolute atomic E-state index is 12.2. The summed E-state index contributed by atoms with van der Waals surface area (Å²) in [7, 11) is 0. The highest BCUT2D eigenvalue weighted by molar-refractivity contribution is 6.42. The minimum Gasteiger partial charge on any atom is -0.334 e. The molecule has 3 aromatic rings. The first kappa shape index (κ1) is 20.7. The van der Waals surface area contributed by atoms with Gasteiger partial charge in [-0.2, -0.15) is 0 Å². The second kappa shape index (κ2) is 9.07. The van der Waals surface area contributed by atoms with Crippen molar-refractivity contribution in [3.63, 3.8) is 0 Å². The maximum atomic E-state index is 12.2. The van der Waals surface area contributed by atoms with Gasteiger partial charge in [-0.3, -0.25) is 10.4 Å². The number of hydrogen-bond donors (Lipinski definition) is 3. The quantitative estimate of drug-likeness (QED) is 0.508. The lowest BCUT2D eigenvalue weighted by Gasteiger charge is -2.20. The van der Waals surface area contributed by atoms with Crippen LogP contribution in [0.15, 0.2) is 79.5 Å². The van der Waals surface area contributed by atoms with Crippen molar-refractivity contribution in [1.29, 1.82) is 0 Å². The number of urea groups is 1. The van der Waals surface area contributed by atoms with Crippen molar-refractivity contribution in [2.24, 2.45) is 0 Å². The molecule has 1 aliphatic rings. The van der Waals surface area contributed by atoms with Crippen LogP contribution >= 0.6 is 23.2 Å². The summed E-state index contributed by atoms with van der Waals surface area (Å²) in [6.45, 7) is 4.47. The van der Waals surface area contributed by atoms with Gasteiger partial charge in [0.25, 0.3) is 0 Å². The first-order chi connectivity index (χ1) is 15.0. The molecule has 0 radical (unpaired) electrons. The monoisotopic (exact) mass is 452 g/mol. The molecule has 31 heavy (non-hydrogen) atoms. The summed E-state index contributed by atoms with van der Waals surface area (Å²) < 4.78 is 0. The van der Waals surface area contributed by atoms with E-state index in [4.69, 9.17) is 23.2 Å². The lowest BCUT2D eigenvalue weighted by atomic mass is 10.1. The molecular formula is C22H18Cl2N6O. The van der Waals surface area contributed by atoms with Gasteiger partial charge in [-0.15, -0.1) is 0 Å². The molecule has 1 aromatic carbocycles. The van der Waals surface area contributed by atoms with E-state index in [0.717, 1.165) is 22.4 Å². The molecule has 3 heterocycles. The van der Waals surface area contributed by atoms with Crippen LogP contribution in [0.2, 0.25) is 10.0 Å². The SMILES string of the molecule is C=C1C(c2cccnc2)=CNN1c1cc(CNC(=O)Nc2ccc(Cl)c(Cl)c2)ccn1. The van der Waals surface area contributed by atoms with Gasteiger partial charge in [0.1, 0.15) is 0 Å². The second-order valence-electron chi connectivity index (χ2n) is 6.67. The third kappa shape index (κ3) is 4.79. The lowest BCUT2D eigenvalue weighted by Crippen LogP contribution is -2.30. The van der Waals surface area contributed by atoms with Crippen molar-refractivity contribution in [3.05, 3.63) is 101 Å². The van der Waals surface area contributed by atoms with Gasteiger partial charge < -0.3 is 10.6 Å². The zero-order valence-corrected chi connectivity index (χ0v) is 17.8. The molecule has 0 unspecified atom stereocenters. The Morgan fingerprint density at radius 2 is 2.00 bits per heavy atom. The Hall–Kier alpha value is -3.55. The van der Waals surface area contributed by atoms with Gasteiger partial charge in [-0.05, 0) is 42.0 Å². The molecule has 0 saturated heterocycles. The summed E-state index contributed by atoms with van der Waals surface area (Å²) in [4.78, 5) is 20.8. The zero-order valence-electron chi connectivity index (χ0n) is 16.3. The van der Waals surface area contributed by atoms with E-state index >= 15 is 0 Å². The van der Waals surface area contributed by atoms with Gasteiger partial charge in [-0.1, -0.05) is 35.8 Å². The fourth-order valence-electron chi connectivity index (χ4n) is 3.01. The topological polar surface area (TPSA) is 82.2 Å². The Morgan fingerprint density at radius 3 is 2.77 bits per heavy atom. The Morgan fingerprint density at radius 1 is 1.13 bits per heavy atom. The van der Waals surface area contributed by atoms with Crippen LogP contribution in [0.3, 0.4) is 0 Å². The molecule has 0 spiro atoms. The van der Waals surface area contributed by atoms with E-state index in [1.165, 1.54) is 0 Å². The van der Waals surface area contributed by atoms with E-state index < -0.39 is 0 Å². The largest absolute Gasteiger partial charge is 0.334 e. The average molecular weight is 453 g/mol. The van der Waals surface area contributed by atoms with Crippen LogP contribution in [0.5, 0.6) is 0 Å². The number of pyridine rings is 2. The van der Waals surface area contributed by atoms with Crippen molar-refractivity contribution in [3.8, 4) is 0 Å². The number of aromatic nitrogens is 2. The molecule has 0 atom stereocenters. The average Bonchev–Trinajstić information content (AvgIpc) is 3.17. The Labute approximate surface area is 189 Å². The molecule has 2 amide bonds. The van der Waals surface area contributed by atoms with Gasteiger partial charge in [0.15, 0.2) is 5.82 Å². The lowest BCUT2D eigenvalue weighted by molar-refractivity contribution is 0.251. The third-order valence-electron chi connectivity index (χ3n) is 4.56. The smallest absolute Gasteiger partial charge is 0.319 e. The molecule has 0 aliphatic carbocycles. The Kier molecular flexibility index (Phi) is 6.06. The fourth-order valence-corrected chi connectivity index (χ4v) is 3.31. The van der Waals surface area contributed by atoms with E-state index in [1.54, 1.807) is 41.8 Å². The van der Waals surface area contributed by atoms with E-state index in [-0.39, 0.29) is 6.03 Å². The predicted octanol–water partition coefficient (Wildman–Crippen LogP) is 4.98. The number of hydrazine groups is 1. The highest BCUT2D eigenvalue weighted by atomic mass is 35.5. The Balaban J connectivity index is 1.38. The van der Waals surface area contributed by atoms with E-state index in [9.17, 15) is 4.79 Å². The minimum absolute atomic E-state index is 0.311. The molecule has 0 saturated carbocycles. The molecule has 0 bridgehead atoms. The van der Waals surface area contributed by atoms with Crippen LogP contribution in [0, 0.1) is 0 Å². The molecule has 4 rings (SSSR count). The van der Waals surface area contributed by atoms with Crippen molar-refractivity contribution in [2.45, 2.75) is 6.54 Å². The number of nitrogens with zero attached hydrogens (tertiary/aromatic N) is 3. The standard InChI is InChI=1S/C22H18Cl2N6O/c1-14-18(16-3-2-7-25-12-16)13-28-30(14)21-9-15(6-8-26-21)11-27-22(31)29-17-4-5-19(23)20(24)10-17/h2-10,12-13,28H,1,11H2,(H2,27,29,31). The van der Waals surface area contributed by atoms with Crippen LogP contribution in [0.25, 0.3) is 5.57 Å². The minimum atomic E-state index is -0.360. The predicted molar refractivity (Wildman–Crippen MR) is 124 cm³/mol. The molecule has 9 heteroatoms. The summed E-state index contributed by atoms with van der Waals surface area (Å²) in [5.74, 6) is 0.657. The number of benzene rings is 1. The number of hydrogen-bond acceptors (Lipinski definition) is 5. The number of carbonyl (C=O) groups excluding carboxylic acids is 1. The number of anilines is 2. The van der Waals surface area contributed by atoms with Crippen LogP contribution in [0.1, 0.15) is 11.1 Å². The van der Waals surface area contributed by atoms with Gasteiger partial charge >= 0.3 is 6.03 Å². The van der Waals surface area contributed by atoms with E-state index in [1.807, 2.05) is 30.5 Å². The highest BCUT2D eigenvalue weighted by Crippen LogP contribution is 2.30. The molecule has 2 aromatic heterocycles. The Bertz CT molecular complexity index is 1170. The molecule has 1 aliphatic heterocycles. The molecule has 7 nitrogen and oxygen atoms in total. The first-order valence-corrected chi connectivity index (χ1v) is 10.1. The number of halogens is 2. The van der Waals surface area contributed by atoms with E-state index in [0.29, 0.717) is 28.1 Å². The van der Waals surface area contributed by atoms with Crippen molar-refractivity contribution in [2.75, 3.05) is 10.3 Å². The van der Waals surface area contributed by atoms with Gasteiger partial charge in [-0.25, -0.2) is 14.8 Å². The van der Waals surface area contributed by atoms with Crippen molar-refractivity contribution in [1.82, 2.24) is 20.7 Å². The molecule has 0 fully saturated rings. The number of carbonyl (C=O) groups is 1. The molecular weight excluding hydrogens is 435 g/mol. The van der Waals surface area contributed by atoms with Crippen molar-refractivity contribution < 1.29 is 4.79 Å². The number of rotatable bonds is 5. The number of amides is 2. The third-order valence-corrected chi connectivity index (χ3v) is 5.30.